The fourth-order valence-corrected chi connectivity index (χ4v) is 2.52. The maximum absolute atomic E-state index is 12.6. The largest absolute Gasteiger partial charge is 0.380 e. The van der Waals surface area contributed by atoms with E-state index in [0.29, 0.717) is 12.1 Å². The van der Waals surface area contributed by atoms with Crippen molar-refractivity contribution in [2.75, 3.05) is 32.6 Å². The molecular formula is C15H23N3O2. The monoisotopic (exact) mass is 277 g/mol. The Morgan fingerprint density at radius 2 is 2.35 bits per heavy atom. The second-order valence-corrected chi connectivity index (χ2v) is 5.09. The van der Waals surface area contributed by atoms with Gasteiger partial charge >= 0.3 is 0 Å². The Hall–Kier alpha value is -1.62. The molecule has 1 atom stereocenters. The van der Waals surface area contributed by atoms with Gasteiger partial charge in [-0.3, -0.25) is 4.79 Å². The smallest absolute Gasteiger partial charge is 0.254 e. The SMILES string of the molecule is CCc1cc(C(=O)N2CCCC(OC)C2)cc(NC)n1. The molecular weight excluding hydrogens is 254 g/mol. The highest BCUT2D eigenvalue weighted by Crippen LogP contribution is 2.18. The van der Waals surface area contributed by atoms with Crippen LogP contribution < -0.4 is 5.32 Å². The van der Waals surface area contributed by atoms with E-state index in [2.05, 4.69) is 10.3 Å². The van der Waals surface area contributed by atoms with Crippen molar-refractivity contribution in [1.29, 1.82) is 0 Å². The third-order valence-electron chi connectivity index (χ3n) is 3.74. The standard InChI is InChI=1S/C15H23N3O2/c1-4-12-8-11(9-14(16-2)17-12)15(19)18-7-5-6-13(10-18)20-3/h8-9,13H,4-7,10H2,1-3H3,(H,16,17). The fraction of sp³-hybridized carbons (Fsp3) is 0.600. The summed E-state index contributed by atoms with van der Waals surface area (Å²) in [5.74, 6) is 0.813. The first-order chi connectivity index (χ1) is 9.67. The molecule has 1 N–H and O–H groups in total. The van der Waals surface area contributed by atoms with Gasteiger partial charge in [-0.1, -0.05) is 6.92 Å². The summed E-state index contributed by atoms with van der Waals surface area (Å²) in [5.41, 5.74) is 1.64. The van der Waals surface area contributed by atoms with Gasteiger partial charge in [0.2, 0.25) is 0 Å². The highest BCUT2D eigenvalue weighted by atomic mass is 16.5. The summed E-state index contributed by atoms with van der Waals surface area (Å²) in [6.07, 6.45) is 2.99. The molecule has 110 valence electrons. The molecule has 20 heavy (non-hydrogen) atoms. The Kier molecular flexibility index (Phi) is 4.95. The summed E-state index contributed by atoms with van der Waals surface area (Å²) < 4.78 is 5.38. The summed E-state index contributed by atoms with van der Waals surface area (Å²) in [7, 11) is 3.53. The van der Waals surface area contributed by atoms with Crippen molar-refractivity contribution in [2.24, 2.45) is 0 Å². The van der Waals surface area contributed by atoms with Gasteiger partial charge in [0.25, 0.3) is 5.91 Å². The lowest BCUT2D eigenvalue weighted by Crippen LogP contribution is -2.42. The summed E-state index contributed by atoms with van der Waals surface area (Å²) in [6, 6.07) is 3.71. The van der Waals surface area contributed by atoms with E-state index in [1.54, 1.807) is 7.11 Å². The number of methoxy groups -OCH3 is 1. The van der Waals surface area contributed by atoms with E-state index in [1.165, 1.54) is 0 Å². The number of pyridine rings is 1. The van der Waals surface area contributed by atoms with Gasteiger partial charge in [0.15, 0.2) is 0 Å². The lowest BCUT2D eigenvalue weighted by atomic mass is 10.1. The maximum atomic E-state index is 12.6. The number of aryl methyl sites for hydroxylation is 1. The molecule has 0 saturated carbocycles. The zero-order chi connectivity index (χ0) is 14.5. The molecule has 1 aromatic heterocycles. The Morgan fingerprint density at radius 1 is 1.55 bits per heavy atom. The maximum Gasteiger partial charge on any atom is 0.254 e. The van der Waals surface area contributed by atoms with Gasteiger partial charge in [0.05, 0.1) is 6.10 Å². The number of carbonyl (C=O) groups is 1. The van der Waals surface area contributed by atoms with Gasteiger partial charge in [-0.25, -0.2) is 4.98 Å². The van der Waals surface area contributed by atoms with Crippen molar-refractivity contribution in [3.63, 3.8) is 0 Å². The molecule has 1 fully saturated rings. The number of hydrogen-bond acceptors (Lipinski definition) is 4. The van der Waals surface area contributed by atoms with Gasteiger partial charge in [-0.05, 0) is 31.4 Å². The van der Waals surface area contributed by atoms with Crippen LogP contribution in [0.15, 0.2) is 12.1 Å². The van der Waals surface area contributed by atoms with Crippen molar-refractivity contribution in [1.82, 2.24) is 9.88 Å². The average Bonchev–Trinajstić information content (AvgIpc) is 2.53. The first-order valence-corrected chi connectivity index (χ1v) is 7.18. The number of nitrogens with zero attached hydrogens (tertiary/aromatic N) is 2. The zero-order valence-electron chi connectivity index (χ0n) is 12.5. The van der Waals surface area contributed by atoms with Crippen LogP contribution >= 0.6 is 0 Å². The number of amides is 1. The minimum atomic E-state index is 0.0698. The van der Waals surface area contributed by atoms with Crippen molar-refractivity contribution < 1.29 is 9.53 Å². The van der Waals surface area contributed by atoms with Crippen LogP contribution in [0.3, 0.4) is 0 Å². The first-order valence-electron chi connectivity index (χ1n) is 7.18. The second kappa shape index (κ2) is 6.70. The van der Waals surface area contributed by atoms with Crippen LogP contribution in [0.4, 0.5) is 5.82 Å². The van der Waals surface area contributed by atoms with Gasteiger partial charge in [-0.15, -0.1) is 0 Å². The quantitative estimate of drug-likeness (QED) is 0.914. The Bertz CT molecular complexity index is 454. The van der Waals surface area contributed by atoms with Crippen molar-refractivity contribution in [3.05, 3.63) is 23.4 Å². The first kappa shape index (κ1) is 14.8. The molecule has 0 radical (unpaired) electrons. The molecule has 0 aliphatic carbocycles. The van der Waals surface area contributed by atoms with E-state index in [1.807, 2.05) is 31.0 Å². The van der Waals surface area contributed by atoms with Gasteiger partial charge in [0, 0.05) is 38.5 Å². The Labute approximate surface area is 120 Å². The molecule has 0 bridgehead atoms. The number of anilines is 1. The fourth-order valence-electron chi connectivity index (χ4n) is 2.52. The highest BCUT2D eigenvalue weighted by molar-refractivity contribution is 5.95. The lowest BCUT2D eigenvalue weighted by molar-refractivity contribution is 0.0269. The van der Waals surface area contributed by atoms with Gasteiger partial charge < -0.3 is 15.0 Å². The highest BCUT2D eigenvalue weighted by Gasteiger charge is 2.24. The lowest BCUT2D eigenvalue weighted by Gasteiger charge is -2.32. The molecule has 1 amide bonds. The van der Waals surface area contributed by atoms with Crippen molar-refractivity contribution in [2.45, 2.75) is 32.3 Å². The summed E-state index contributed by atoms with van der Waals surface area (Å²) in [5, 5.41) is 3.01. The Morgan fingerprint density at radius 3 is 3.00 bits per heavy atom. The summed E-state index contributed by atoms with van der Waals surface area (Å²) >= 11 is 0. The molecule has 1 aliphatic heterocycles. The van der Waals surface area contributed by atoms with Gasteiger partial charge in [0.1, 0.15) is 5.82 Å². The number of likely N-dealkylation sites (tertiary alicyclic amines) is 1. The van der Waals surface area contributed by atoms with Crippen LogP contribution in [-0.2, 0) is 11.2 Å². The van der Waals surface area contributed by atoms with Crippen molar-refractivity contribution >= 4 is 11.7 Å². The molecule has 1 unspecified atom stereocenters. The number of aromatic nitrogens is 1. The predicted molar refractivity (Wildman–Crippen MR) is 79.1 cm³/mol. The number of nitrogens with one attached hydrogen (secondary N) is 1. The van der Waals surface area contributed by atoms with E-state index in [4.69, 9.17) is 4.74 Å². The molecule has 1 aromatic rings. The molecule has 1 saturated heterocycles. The van der Waals surface area contributed by atoms with Gasteiger partial charge in [-0.2, -0.15) is 0 Å². The molecule has 2 rings (SSSR count). The molecule has 0 spiro atoms. The van der Waals surface area contributed by atoms with E-state index in [9.17, 15) is 4.79 Å². The van der Waals surface area contributed by atoms with E-state index >= 15 is 0 Å². The Balaban J connectivity index is 2.19. The normalized spacial score (nSPS) is 18.9. The minimum absolute atomic E-state index is 0.0698. The third-order valence-corrected chi connectivity index (χ3v) is 3.74. The van der Waals surface area contributed by atoms with Crippen LogP contribution in [-0.4, -0.2) is 49.1 Å². The molecule has 5 heteroatoms. The topological polar surface area (TPSA) is 54.5 Å². The predicted octanol–water partition coefficient (Wildman–Crippen LogP) is 1.94. The van der Waals surface area contributed by atoms with E-state index < -0.39 is 0 Å². The zero-order valence-corrected chi connectivity index (χ0v) is 12.5. The van der Waals surface area contributed by atoms with Crippen LogP contribution in [0.25, 0.3) is 0 Å². The molecule has 1 aliphatic rings. The summed E-state index contributed by atoms with van der Waals surface area (Å²) in [6.45, 7) is 3.52. The number of ether oxygens (including phenoxy) is 1. The minimum Gasteiger partial charge on any atom is -0.380 e. The molecule has 2 heterocycles. The van der Waals surface area contributed by atoms with Crippen LogP contribution in [0, 0.1) is 0 Å². The van der Waals surface area contributed by atoms with Crippen LogP contribution in [0.5, 0.6) is 0 Å². The van der Waals surface area contributed by atoms with E-state index in [0.717, 1.165) is 37.3 Å². The van der Waals surface area contributed by atoms with Crippen molar-refractivity contribution in [3.8, 4) is 0 Å². The third kappa shape index (κ3) is 3.28. The molecule has 5 nitrogen and oxygen atoms in total. The van der Waals surface area contributed by atoms with E-state index in [-0.39, 0.29) is 12.0 Å². The number of piperidine rings is 1. The average molecular weight is 277 g/mol. The van der Waals surface area contributed by atoms with Crippen LogP contribution in [0.1, 0.15) is 35.8 Å². The molecule has 0 aromatic carbocycles. The number of hydrogen-bond donors (Lipinski definition) is 1. The second-order valence-electron chi connectivity index (χ2n) is 5.09. The number of carbonyl (C=O) groups excluding carboxylic acids is 1. The summed E-state index contributed by atoms with van der Waals surface area (Å²) in [4.78, 5) is 18.9. The van der Waals surface area contributed by atoms with Crippen LogP contribution in [0.2, 0.25) is 0 Å². The number of rotatable bonds is 4.